The number of hydrogen-bond acceptors (Lipinski definition) is 4. The van der Waals surface area contributed by atoms with E-state index in [1.165, 1.54) is 0 Å². The molecule has 0 radical (unpaired) electrons. The van der Waals surface area contributed by atoms with Gasteiger partial charge in [-0.2, -0.15) is 0 Å². The molecule has 1 aromatic heterocycles. The van der Waals surface area contributed by atoms with Gasteiger partial charge in [-0.15, -0.1) is 49.6 Å². The van der Waals surface area contributed by atoms with E-state index in [0.29, 0.717) is 11.5 Å². The summed E-state index contributed by atoms with van der Waals surface area (Å²) in [6, 6.07) is 3.23. The highest BCUT2D eigenvalue weighted by Crippen LogP contribution is 2.11. The van der Waals surface area contributed by atoms with Gasteiger partial charge in [0, 0.05) is 0 Å². The highest BCUT2D eigenvalue weighted by Gasteiger charge is 1.92. The third-order valence-corrected chi connectivity index (χ3v) is 0.979. The molecule has 0 bridgehead atoms. The van der Waals surface area contributed by atoms with Crippen LogP contribution in [-0.2, 0) is 0 Å². The fraction of sp³-hybridized carbons (Fsp3) is 0. The summed E-state index contributed by atoms with van der Waals surface area (Å²) >= 11 is 0. The monoisotopic (exact) mass is 268 g/mol. The standard InChI is InChI=1S/C5H8N4.4ClH/c6-3-1-2-4(7)9-5(3)8;;;;/h1-2H,6H2,(H4,7,8,9);4*1H. The van der Waals surface area contributed by atoms with E-state index in [0.717, 1.165) is 0 Å². The molecule has 0 saturated heterocycles. The smallest absolute Gasteiger partial charge is 0.149 e. The first-order chi connectivity index (χ1) is 4.20. The average molecular weight is 270 g/mol. The van der Waals surface area contributed by atoms with Crippen LogP contribution < -0.4 is 17.2 Å². The van der Waals surface area contributed by atoms with E-state index in [2.05, 4.69) is 4.98 Å². The lowest BCUT2D eigenvalue weighted by Gasteiger charge is -1.97. The van der Waals surface area contributed by atoms with Crippen molar-refractivity contribution in [1.82, 2.24) is 4.98 Å². The third-order valence-electron chi connectivity index (χ3n) is 0.979. The number of rotatable bonds is 0. The Morgan fingerprint density at radius 3 is 1.62 bits per heavy atom. The predicted octanol–water partition coefficient (Wildman–Crippen LogP) is 1.52. The Morgan fingerprint density at radius 2 is 1.31 bits per heavy atom. The molecule has 4 nitrogen and oxygen atoms in total. The van der Waals surface area contributed by atoms with Crippen LogP contribution in [-0.4, -0.2) is 4.98 Å². The van der Waals surface area contributed by atoms with Crippen molar-refractivity contribution < 1.29 is 0 Å². The number of nitrogens with two attached hydrogens (primary N) is 3. The third kappa shape index (κ3) is 6.83. The molecule has 0 saturated carbocycles. The van der Waals surface area contributed by atoms with Crippen molar-refractivity contribution in [2.24, 2.45) is 0 Å². The Kier molecular flexibility index (Phi) is 17.3. The molecular weight excluding hydrogens is 258 g/mol. The molecule has 0 atom stereocenters. The maximum atomic E-state index is 5.35. The van der Waals surface area contributed by atoms with Crippen molar-refractivity contribution in [1.29, 1.82) is 0 Å². The van der Waals surface area contributed by atoms with E-state index >= 15 is 0 Å². The van der Waals surface area contributed by atoms with Crippen LogP contribution in [0.25, 0.3) is 0 Å². The normalized spacial score (nSPS) is 6.46. The lowest BCUT2D eigenvalue weighted by atomic mass is 10.4. The molecule has 13 heavy (non-hydrogen) atoms. The van der Waals surface area contributed by atoms with Gasteiger partial charge in [0.2, 0.25) is 0 Å². The van der Waals surface area contributed by atoms with Gasteiger partial charge in [0.1, 0.15) is 11.6 Å². The van der Waals surface area contributed by atoms with Crippen LogP contribution in [0.1, 0.15) is 0 Å². The Morgan fingerprint density at radius 1 is 0.846 bits per heavy atom. The first-order valence-corrected chi connectivity index (χ1v) is 2.47. The zero-order valence-electron chi connectivity index (χ0n) is 6.47. The summed E-state index contributed by atoms with van der Waals surface area (Å²) in [5.41, 5.74) is 16.4. The van der Waals surface area contributed by atoms with Gasteiger partial charge in [-0.25, -0.2) is 4.98 Å². The summed E-state index contributed by atoms with van der Waals surface area (Å²) in [4.78, 5) is 3.70. The number of anilines is 3. The molecule has 0 spiro atoms. The zero-order chi connectivity index (χ0) is 6.85. The molecule has 6 N–H and O–H groups in total. The van der Waals surface area contributed by atoms with E-state index in [4.69, 9.17) is 17.2 Å². The lowest BCUT2D eigenvalue weighted by Crippen LogP contribution is -1.99. The fourth-order valence-corrected chi connectivity index (χ4v) is 0.501. The molecule has 80 valence electrons. The van der Waals surface area contributed by atoms with Crippen LogP contribution in [0.15, 0.2) is 12.1 Å². The molecule has 0 amide bonds. The molecule has 0 aliphatic carbocycles. The number of nitrogens with zero attached hydrogens (tertiary/aromatic N) is 1. The van der Waals surface area contributed by atoms with Gasteiger partial charge >= 0.3 is 0 Å². The highest BCUT2D eigenvalue weighted by molar-refractivity contribution is 5.86. The topological polar surface area (TPSA) is 91.0 Å². The molecule has 0 aliphatic heterocycles. The van der Waals surface area contributed by atoms with Gasteiger partial charge < -0.3 is 17.2 Å². The Balaban J connectivity index is -0.000000101. The van der Waals surface area contributed by atoms with Crippen LogP contribution in [0, 0.1) is 0 Å². The number of nitrogen functional groups attached to an aromatic ring is 3. The lowest BCUT2D eigenvalue weighted by molar-refractivity contribution is 1.35. The van der Waals surface area contributed by atoms with E-state index in [1.807, 2.05) is 0 Å². The van der Waals surface area contributed by atoms with Crippen molar-refractivity contribution in [3.63, 3.8) is 0 Å². The quantitative estimate of drug-likeness (QED) is 0.666. The summed E-state index contributed by atoms with van der Waals surface area (Å²) in [6.45, 7) is 0. The number of halogens is 4. The van der Waals surface area contributed by atoms with Gasteiger partial charge in [0.05, 0.1) is 5.69 Å². The Hall–Kier alpha value is -0.290. The Labute approximate surface area is 101 Å². The van der Waals surface area contributed by atoms with Gasteiger partial charge in [-0.1, -0.05) is 0 Å². The molecular formula is C5H12Cl4N4. The zero-order valence-corrected chi connectivity index (χ0v) is 9.73. The molecule has 1 heterocycles. The molecule has 1 aromatic rings. The summed E-state index contributed by atoms with van der Waals surface area (Å²) in [5.74, 6) is 0.678. The predicted molar refractivity (Wildman–Crippen MR) is 66.5 cm³/mol. The van der Waals surface area contributed by atoms with Crippen LogP contribution >= 0.6 is 49.6 Å². The SMILES string of the molecule is Cl.Cl.Cl.Cl.Nc1ccc(N)c(N)n1. The molecule has 0 fully saturated rings. The van der Waals surface area contributed by atoms with Crippen LogP contribution in [0.3, 0.4) is 0 Å². The van der Waals surface area contributed by atoms with Crippen molar-refractivity contribution in [3.8, 4) is 0 Å². The van der Waals surface area contributed by atoms with Gasteiger partial charge in [0.25, 0.3) is 0 Å². The Bertz CT molecular complexity index is 232. The number of aromatic nitrogens is 1. The minimum atomic E-state index is 0. The van der Waals surface area contributed by atoms with E-state index in [9.17, 15) is 0 Å². The minimum Gasteiger partial charge on any atom is -0.396 e. The van der Waals surface area contributed by atoms with Gasteiger partial charge in [0.15, 0.2) is 0 Å². The second-order valence-electron chi connectivity index (χ2n) is 1.71. The van der Waals surface area contributed by atoms with Crippen molar-refractivity contribution in [2.45, 2.75) is 0 Å². The summed E-state index contributed by atoms with van der Waals surface area (Å²) in [6.07, 6.45) is 0. The largest absolute Gasteiger partial charge is 0.396 e. The molecule has 0 aromatic carbocycles. The minimum absolute atomic E-state index is 0. The molecule has 0 unspecified atom stereocenters. The fourth-order valence-electron chi connectivity index (χ4n) is 0.501. The van der Waals surface area contributed by atoms with Gasteiger partial charge in [-0.3, -0.25) is 0 Å². The number of pyridine rings is 1. The van der Waals surface area contributed by atoms with Crippen LogP contribution in [0.5, 0.6) is 0 Å². The molecule has 1 rings (SSSR count). The van der Waals surface area contributed by atoms with Crippen LogP contribution in [0.4, 0.5) is 17.3 Å². The molecule has 8 heteroatoms. The van der Waals surface area contributed by atoms with E-state index in [-0.39, 0.29) is 55.4 Å². The van der Waals surface area contributed by atoms with E-state index < -0.39 is 0 Å². The maximum Gasteiger partial charge on any atom is 0.149 e. The van der Waals surface area contributed by atoms with Crippen molar-refractivity contribution in [3.05, 3.63) is 12.1 Å². The van der Waals surface area contributed by atoms with Crippen molar-refractivity contribution in [2.75, 3.05) is 17.2 Å². The first kappa shape index (κ1) is 23.0. The van der Waals surface area contributed by atoms with E-state index in [1.54, 1.807) is 12.1 Å². The molecule has 0 aliphatic rings. The second-order valence-corrected chi connectivity index (χ2v) is 1.71. The summed E-state index contributed by atoms with van der Waals surface area (Å²) in [7, 11) is 0. The van der Waals surface area contributed by atoms with Crippen molar-refractivity contribution >= 4 is 67.0 Å². The number of hydrogen-bond donors (Lipinski definition) is 3. The first-order valence-electron chi connectivity index (χ1n) is 2.47. The van der Waals surface area contributed by atoms with Crippen LogP contribution in [0.2, 0.25) is 0 Å². The second kappa shape index (κ2) is 9.80. The van der Waals surface area contributed by atoms with Gasteiger partial charge in [-0.05, 0) is 12.1 Å². The summed E-state index contributed by atoms with van der Waals surface area (Å²) < 4.78 is 0. The highest BCUT2D eigenvalue weighted by atomic mass is 35.5. The summed E-state index contributed by atoms with van der Waals surface area (Å²) in [5, 5.41) is 0. The maximum absolute atomic E-state index is 5.35. The average Bonchev–Trinajstić information content (AvgIpc) is 1.80.